The Hall–Kier alpha value is -1.76. The summed E-state index contributed by atoms with van der Waals surface area (Å²) in [6.07, 6.45) is 5.27. The van der Waals surface area contributed by atoms with Gasteiger partial charge in [-0.2, -0.15) is 0 Å². The van der Waals surface area contributed by atoms with Crippen LogP contribution in [0.25, 0.3) is 11.1 Å². The van der Waals surface area contributed by atoms with Crippen molar-refractivity contribution in [3.05, 3.63) is 54.6 Å². The van der Waals surface area contributed by atoms with Crippen LogP contribution in [0, 0.1) is 0 Å². The summed E-state index contributed by atoms with van der Waals surface area (Å²) in [4.78, 5) is 2.35. The van der Waals surface area contributed by atoms with E-state index < -0.39 is 0 Å². The van der Waals surface area contributed by atoms with Crippen molar-refractivity contribution in [3.63, 3.8) is 0 Å². The van der Waals surface area contributed by atoms with E-state index in [0.717, 1.165) is 6.54 Å². The highest BCUT2D eigenvalue weighted by atomic mass is 15.1. The Labute approximate surface area is 123 Å². The van der Waals surface area contributed by atoms with Crippen LogP contribution in [0.5, 0.6) is 0 Å². The maximum atomic E-state index is 2.35. The first-order chi connectivity index (χ1) is 9.81. The lowest BCUT2D eigenvalue weighted by atomic mass is 10.1. The minimum atomic E-state index is 1.14. The molecule has 0 spiro atoms. The van der Waals surface area contributed by atoms with Gasteiger partial charge in [-0.3, -0.25) is 0 Å². The summed E-state index contributed by atoms with van der Waals surface area (Å²) in [5.74, 6) is 0. The van der Waals surface area contributed by atoms with E-state index in [1.54, 1.807) is 0 Å². The van der Waals surface area contributed by atoms with Gasteiger partial charge in [-0.25, -0.2) is 0 Å². The molecule has 1 heteroatoms. The molecular formula is C19H25N. The van der Waals surface area contributed by atoms with Gasteiger partial charge in [0, 0.05) is 19.3 Å². The molecule has 0 amide bonds. The van der Waals surface area contributed by atoms with Gasteiger partial charge >= 0.3 is 0 Å². The molecule has 0 heterocycles. The molecule has 0 radical (unpaired) electrons. The molecule has 0 aliphatic rings. The SMILES string of the molecule is CCCCCCN(C)c1ccc(-c2ccccc2)cc1. The van der Waals surface area contributed by atoms with E-state index in [1.165, 1.54) is 42.5 Å². The largest absolute Gasteiger partial charge is 0.375 e. The second-order valence-corrected chi connectivity index (χ2v) is 5.40. The van der Waals surface area contributed by atoms with Gasteiger partial charge in [-0.1, -0.05) is 68.7 Å². The van der Waals surface area contributed by atoms with Crippen LogP contribution in [0.1, 0.15) is 32.6 Å². The van der Waals surface area contributed by atoms with E-state index in [-0.39, 0.29) is 0 Å². The van der Waals surface area contributed by atoms with Gasteiger partial charge in [0.15, 0.2) is 0 Å². The Morgan fingerprint density at radius 2 is 1.40 bits per heavy atom. The molecule has 0 aromatic heterocycles. The molecule has 0 N–H and O–H groups in total. The fourth-order valence-corrected chi connectivity index (χ4v) is 2.44. The number of unbranched alkanes of at least 4 members (excludes halogenated alkanes) is 3. The average Bonchev–Trinajstić information content (AvgIpc) is 2.52. The maximum Gasteiger partial charge on any atom is 0.0364 e. The van der Waals surface area contributed by atoms with Crippen molar-refractivity contribution >= 4 is 5.69 Å². The lowest BCUT2D eigenvalue weighted by Gasteiger charge is -2.19. The quantitative estimate of drug-likeness (QED) is 0.610. The molecule has 0 unspecified atom stereocenters. The van der Waals surface area contributed by atoms with Crippen LogP contribution < -0.4 is 4.90 Å². The van der Waals surface area contributed by atoms with E-state index in [9.17, 15) is 0 Å². The number of anilines is 1. The van der Waals surface area contributed by atoms with Crippen LogP contribution in [-0.2, 0) is 0 Å². The molecule has 0 aliphatic heterocycles. The first-order valence-corrected chi connectivity index (χ1v) is 7.68. The van der Waals surface area contributed by atoms with Gasteiger partial charge in [0.1, 0.15) is 0 Å². The standard InChI is InChI=1S/C19H25N/c1-3-4-5-9-16-20(2)19-14-12-18(13-15-19)17-10-7-6-8-11-17/h6-8,10-15H,3-5,9,16H2,1-2H3. The molecule has 0 atom stereocenters. The summed E-state index contributed by atoms with van der Waals surface area (Å²) in [7, 11) is 2.18. The van der Waals surface area contributed by atoms with Crippen molar-refractivity contribution in [1.29, 1.82) is 0 Å². The van der Waals surface area contributed by atoms with Crippen LogP contribution in [0.3, 0.4) is 0 Å². The van der Waals surface area contributed by atoms with Crippen LogP contribution in [0.4, 0.5) is 5.69 Å². The Balaban J connectivity index is 1.94. The summed E-state index contributed by atoms with van der Waals surface area (Å²) in [5, 5.41) is 0. The van der Waals surface area contributed by atoms with Crippen molar-refractivity contribution in [2.24, 2.45) is 0 Å². The molecule has 2 aromatic rings. The van der Waals surface area contributed by atoms with Crippen LogP contribution in [0.2, 0.25) is 0 Å². The van der Waals surface area contributed by atoms with Crippen molar-refractivity contribution in [2.45, 2.75) is 32.6 Å². The molecule has 0 fully saturated rings. The molecule has 106 valence electrons. The fraction of sp³-hybridized carbons (Fsp3) is 0.368. The second kappa shape index (κ2) is 7.74. The van der Waals surface area contributed by atoms with E-state index in [2.05, 4.69) is 73.5 Å². The van der Waals surface area contributed by atoms with Gasteiger partial charge in [0.05, 0.1) is 0 Å². The molecule has 0 aliphatic carbocycles. The minimum absolute atomic E-state index is 1.14. The number of rotatable bonds is 7. The number of hydrogen-bond acceptors (Lipinski definition) is 1. The summed E-state index contributed by atoms with van der Waals surface area (Å²) in [6.45, 7) is 3.40. The number of hydrogen-bond donors (Lipinski definition) is 0. The topological polar surface area (TPSA) is 3.24 Å². The van der Waals surface area contributed by atoms with Gasteiger partial charge in [0.25, 0.3) is 0 Å². The Morgan fingerprint density at radius 1 is 0.750 bits per heavy atom. The van der Waals surface area contributed by atoms with Crippen molar-refractivity contribution in [1.82, 2.24) is 0 Å². The van der Waals surface area contributed by atoms with Crippen molar-refractivity contribution in [2.75, 3.05) is 18.5 Å². The maximum absolute atomic E-state index is 2.35. The molecule has 0 saturated carbocycles. The Morgan fingerprint density at radius 3 is 2.05 bits per heavy atom. The Kier molecular flexibility index (Phi) is 5.67. The summed E-state index contributed by atoms with van der Waals surface area (Å²) >= 11 is 0. The minimum Gasteiger partial charge on any atom is -0.375 e. The average molecular weight is 267 g/mol. The number of nitrogens with zero attached hydrogens (tertiary/aromatic N) is 1. The van der Waals surface area contributed by atoms with Crippen LogP contribution in [-0.4, -0.2) is 13.6 Å². The zero-order valence-electron chi connectivity index (χ0n) is 12.7. The Bertz CT molecular complexity index is 487. The lowest BCUT2D eigenvalue weighted by Crippen LogP contribution is -2.18. The van der Waals surface area contributed by atoms with Crippen LogP contribution >= 0.6 is 0 Å². The second-order valence-electron chi connectivity index (χ2n) is 5.40. The molecule has 2 aromatic carbocycles. The molecular weight excluding hydrogens is 242 g/mol. The van der Waals surface area contributed by atoms with E-state index >= 15 is 0 Å². The molecule has 0 saturated heterocycles. The van der Waals surface area contributed by atoms with E-state index in [4.69, 9.17) is 0 Å². The van der Waals surface area contributed by atoms with Crippen LogP contribution in [0.15, 0.2) is 54.6 Å². The van der Waals surface area contributed by atoms with E-state index in [0.29, 0.717) is 0 Å². The smallest absolute Gasteiger partial charge is 0.0364 e. The predicted octanol–water partition coefficient (Wildman–Crippen LogP) is 5.37. The highest BCUT2D eigenvalue weighted by Crippen LogP contribution is 2.22. The summed E-state index contributed by atoms with van der Waals surface area (Å²) in [6, 6.07) is 19.4. The fourth-order valence-electron chi connectivity index (χ4n) is 2.44. The number of benzene rings is 2. The van der Waals surface area contributed by atoms with Crippen molar-refractivity contribution in [3.8, 4) is 11.1 Å². The van der Waals surface area contributed by atoms with E-state index in [1.807, 2.05) is 0 Å². The van der Waals surface area contributed by atoms with Crippen molar-refractivity contribution < 1.29 is 0 Å². The zero-order chi connectivity index (χ0) is 14.2. The third-order valence-corrected chi connectivity index (χ3v) is 3.76. The highest BCUT2D eigenvalue weighted by molar-refractivity contribution is 5.66. The summed E-state index contributed by atoms with van der Waals surface area (Å²) < 4.78 is 0. The molecule has 0 bridgehead atoms. The molecule has 20 heavy (non-hydrogen) atoms. The molecule has 2 rings (SSSR count). The third-order valence-electron chi connectivity index (χ3n) is 3.76. The third kappa shape index (κ3) is 4.12. The first-order valence-electron chi connectivity index (χ1n) is 7.68. The predicted molar refractivity (Wildman–Crippen MR) is 89.3 cm³/mol. The first kappa shape index (κ1) is 14.6. The summed E-state index contributed by atoms with van der Waals surface area (Å²) in [5.41, 5.74) is 3.87. The van der Waals surface area contributed by atoms with Gasteiger partial charge < -0.3 is 4.90 Å². The monoisotopic (exact) mass is 267 g/mol. The molecule has 1 nitrogen and oxygen atoms in total. The zero-order valence-corrected chi connectivity index (χ0v) is 12.7. The lowest BCUT2D eigenvalue weighted by molar-refractivity contribution is 0.661. The highest BCUT2D eigenvalue weighted by Gasteiger charge is 2.01. The normalized spacial score (nSPS) is 10.5. The van der Waals surface area contributed by atoms with Gasteiger partial charge in [-0.15, -0.1) is 0 Å². The van der Waals surface area contributed by atoms with Gasteiger partial charge in [0.2, 0.25) is 0 Å². The van der Waals surface area contributed by atoms with Gasteiger partial charge in [-0.05, 0) is 29.7 Å².